The number of carboxylic acid groups (broad SMARTS) is 1. The van der Waals surface area contributed by atoms with E-state index in [4.69, 9.17) is 5.11 Å². The Morgan fingerprint density at radius 2 is 2.24 bits per heavy atom. The van der Waals surface area contributed by atoms with Crippen LogP contribution in [-0.4, -0.2) is 44.6 Å². The predicted octanol–water partition coefficient (Wildman–Crippen LogP) is 1.50. The number of thioether (sulfide) groups is 1. The van der Waals surface area contributed by atoms with Gasteiger partial charge in [0, 0.05) is 23.6 Å². The van der Waals surface area contributed by atoms with Crippen molar-refractivity contribution in [2.24, 2.45) is 0 Å². The average Bonchev–Trinajstić information content (AvgIpc) is 2.33. The summed E-state index contributed by atoms with van der Waals surface area (Å²) in [5.41, 5.74) is -0.0131. The molecular weight excluding hydrogens is 238 g/mol. The first kappa shape index (κ1) is 12.2. The van der Waals surface area contributed by atoms with Crippen molar-refractivity contribution >= 4 is 23.5 Å². The maximum Gasteiger partial charge on any atom is 0.356 e. The number of carboxylic acids is 1. The minimum atomic E-state index is -1.04. The topological polar surface area (TPSA) is 66.3 Å². The molecule has 0 radical (unpaired) electrons. The number of nitrogens with zero attached hydrogens (tertiary/aromatic N) is 3. The molecule has 1 aromatic heterocycles. The van der Waals surface area contributed by atoms with Gasteiger partial charge in [-0.1, -0.05) is 6.92 Å². The van der Waals surface area contributed by atoms with Crippen LogP contribution < -0.4 is 4.90 Å². The van der Waals surface area contributed by atoms with Gasteiger partial charge in [-0.05, 0) is 6.92 Å². The van der Waals surface area contributed by atoms with Crippen LogP contribution in [0.15, 0.2) is 12.4 Å². The van der Waals surface area contributed by atoms with Crippen LogP contribution in [0.25, 0.3) is 0 Å². The van der Waals surface area contributed by atoms with E-state index in [0.29, 0.717) is 11.3 Å². The highest BCUT2D eigenvalue weighted by Gasteiger charge is 2.26. The molecule has 0 amide bonds. The van der Waals surface area contributed by atoms with Crippen LogP contribution in [0.3, 0.4) is 0 Å². The summed E-state index contributed by atoms with van der Waals surface area (Å²) in [6, 6.07) is 0.388. The summed E-state index contributed by atoms with van der Waals surface area (Å²) >= 11 is 1.95. The van der Waals surface area contributed by atoms with E-state index < -0.39 is 5.97 Å². The average molecular weight is 253 g/mol. The Morgan fingerprint density at radius 1 is 1.47 bits per heavy atom. The summed E-state index contributed by atoms with van der Waals surface area (Å²) in [5, 5.41) is 9.31. The van der Waals surface area contributed by atoms with Crippen molar-refractivity contribution in [3.05, 3.63) is 18.1 Å². The zero-order valence-electron chi connectivity index (χ0n) is 9.83. The smallest absolute Gasteiger partial charge is 0.356 e. The first-order chi connectivity index (χ1) is 8.09. The van der Waals surface area contributed by atoms with E-state index in [1.165, 1.54) is 6.20 Å². The molecule has 1 fully saturated rings. The van der Waals surface area contributed by atoms with Crippen LogP contribution in [0.4, 0.5) is 5.82 Å². The normalized spacial score (nSPS) is 24.7. The second-order valence-electron chi connectivity index (χ2n) is 4.07. The SMILES string of the molecule is CC1SCCN(c2cnc(C(=O)O)cn2)C1C. The highest BCUT2D eigenvalue weighted by Crippen LogP contribution is 2.27. The molecule has 2 unspecified atom stereocenters. The first-order valence-electron chi connectivity index (χ1n) is 5.53. The Morgan fingerprint density at radius 3 is 2.82 bits per heavy atom. The second kappa shape index (κ2) is 4.91. The third-order valence-electron chi connectivity index (χ3n) is 3.04. The van der Waals surface area contributed by atoms with E-state index in [1.807, 2.05) is 11.8 Å². The molecule has 0 bridgehead atoms. The van der Waals surface area contributed by atoms with Gasteiger partial charge in [0.25, 0.3) is 0 Å². The van der Waals surface area contributed by atoms with Gasteiger partial charge in [-0.3, -0.25) is 0 Å². The summed E-state index contributed by atoms with van der Waals surface area (Å²) in [6.07, 6.45) is 2.86. The van der Waals surface area contributed by atoms with Gasteiger partial charge < -0.3 is 10.0 Å². The lowest BCUT2D eigenvalue weighted by Gasteiger charge is -2.38. The predicted molar refractivity (Wildman–Crippen MR) is 67.7 cm³/mol. The Hall–Kier alpha value is -1.30. The number of carbonyl (C=O) groups is 1. The van der Waals surface area contributed by atoms with Gasteiger partial charge in [-0.15, -0.1) is 0 Å². The summed E-state index contributed by atoms with van der Waals surface area (Å²) in [7, 11) is 0. The third kappa shape index (κ3) is 2.52. The van der Waals surface area contributed by atoms with Crippen molar-refractivity contribution in [2.45, 2.75) is 25.1 Å². The van der Waals surface area contributed by atoms with E-state index in [2.05, 4.69) is 28.7 Å². The fraction of sp³-hybridized carbons (Fsp3) is 0.545. The van der Waals surface area contributed by atoms with Crippen molar-refractivity contribution in [2.75, 3.05) is 17.2 Å². The van der Waals surface area contributed by atoms with Crippen molar-refractivity contribution in [3.8, 4) is 0 Å². The fourth-order valence-corrected chi connectivity index (χ4v) is 2.94. The minimum Gasteiger partial charge on any atom is -0.476 e. The van der Waals surface area contributed by atoms with Crippen LogP contribution in [0.2, 0.25) is 0 Å². The summed E-state index contributed by atoms with van der Waals surface area (Å²) in [6.45, 7) is 5.28. The van der Waals surface area contributed by atoms with E-state index in [1.54, 1.807) is 6.20 Å². The molecule has 2 heterocycles. The highest BCUT2D eigenvalue weighted by molar-refractivity contribution is 8.00. The van der Waals surface area contributed by atoms with E-state index >= 15 is 0 Å². The molecule has 1 aliphatic heterocycles. The lowest BCUT2D eigenvalue weighted by atomic mass is 10.2. The molecule has 5 nitrogen and oxygen atoms in total. The van der Waals surface area contributed by atoms with Crippen LogP contribution >= 0.6 is 11.8 Å². The Bertz CT molecular complexity index is 410. The van der Waals surface area contributed by atoms with E-state index in [-0.39, 0.29) is 5.69 Å². The Kier molecular flexibility index (Phi) is 3.51. The van der Waals surface area contributed by atoms with Gasteiger partial charge in [-0.2, -0.15) is 11.8 Å². The number of hydrogen-bond donors (Lipinski definition) is 1. The highest BCUT2D eigenvalue weighted by atomic mass is 32.2. The number of anilines is 1. The summed E-state index contributed by atoms with van der Waals surface area (Å²) in [5.74, 6) is 0.780. The van der Waals surface area contributed by atoms with E-state index in [9.17, 15) is 4.79 Å². The van der Waals surface area contributed by atoms with Gasteiger partial charge in [-0.25, -0.2) is 14.8 Å². The monoisotopic (exact) mass is 253 g/mol. The van der Waals surface area contributed by atoms with Gasteiger partial charge >= 0.3 is 5.97 Å². The second-order valence-corrected chi connectivity index (χ2v) is 5.56. The molecule has 1 aliphatic rings. The number of hydrogen-bond acceptors (Lipinski definition) is 5. The van der Waals surface area contributed by atoms with Crippen molar-refractivity contribution < 1.29 is 9.90 Å². The maximum absolute atomic E-state index is 10.7. The largest absolute Gasteiger partial charge is 0.476 e. The molecule has 0 spiro atoms. The van der Waals surface area contributed by atoms with Crippen LogP contribution in [-0.2, 0) is 0 Å². The molecule has 1 aromatic rings. The molecule has 1 N–H and O–H groups in total. The van der Waals surface area contributed by atoms with Gasteiger partial charge in [0.05, 0.1) is 12.4 Å². The molecule has 92 valence electrons. The molecule has 2 rings (SSSR count). The third-order valence-corrected chi connectivity index (χ3v) is 4.37. The van der Waals surface area contributed by atoms with Crippen LogP contribution in [0.5, 0.6) is 0 Å². The molecule has 17 heavy (non-hydrogen) atoms. The molecule has 0 saturated carbocycles. The zero-order valence-corrected chi connectivity index (χ0v) is 10.6. The van der Waals surface area contributed by atoms with Crippen LogP contribution in [0.1, 0.15) is 24.3 Å². The lowest BCUT2D eigenvalue weighted by molar-refractivity contribution is 0.0690. The number of aromatic carboxylic acids is 1. The summed E-state index contributed by atoms with van der Waals surface area (Å²) < 4.78 is 0. The maximum atomic E-state index is 10.7. The van der Waals surface area contributed by atoms with Gasteiger partial charge in [0.1, 0.15) is 5.82 Å². The Labute approximate surface area is 104 Å². The molecule has 0 aliphatic carbocycles. The van der Waals surface area contributed by atoms with Crippen LogP contribution in [0, 0.1) is 0 Å². The zero-order chi connectivity index (χ0) is 12.4. The molecule has 1 saturated heterocycles. The fourth-order valence-electron chi connectivity index (χ4n) is 1.84. The van der Waals surface area contributed by atoms with Crippen molar-refractivity contribution in [1.29, 1.82) is 0 Å². The molecule has 0 aromatic carbocycles. The van der Waals surface area contributed by atoms with E-state index in [0.717, 1.165) is 18.1 Å². The number of aromatic nitrogens is 2. The summed E-state index contributed by atoms with van der Waals surface area (Å²) in [4.78, 5) is 20.9. The molecule has 2 atom stereocenters. The van der Waals surface area contributed by atoms with Crippen molar-refractivity contribution in [1.82, 2.24) is 9.97 Å². The van der Waals surface area contributed by atoms with Crippen molar-refractivity contribution in [3.63, 3.8) is 0 Å². The molecular formula is C11H15N3O2S. The Balaban J connectivity index is 2.19. The minimum absolute atomic E-state index is 0.0131. The van der Waals surface area contributed by atoms with Gasteiger partial charge in [0.15, 0.2) is 5.69 Å². The quantitative estimate of drug-likeness (QED) is 0.861. The lowest BCUT2D eigenvalue weighted by Crippen LogP contribution is -2.45. The molecule has 6 heteroatoms. The first-order valence-corrected chi connectivity index (χ1v) is 6.58. The number of rotatable bonds is 2. The van der Waals surface area contributed by atoms with Gasteiger partial charge in [0.2, 0.25) is 0 Å². The standard InChI is InChI=1S/C11H15N3O2S/c1-7-8(2)17-4-3-14(7)10-6-12-9(5-13-10)11(15)16/h5-8H,3-4H2,1-2H3,(H,15,16).